The number of aryl methyl sites for hydroxylation is 4. The van der Waals surface area contributed by atoms with Crippen LogP contribution in [0.4, 0.5) is 0 Å². The molecular formula is C14H17N3O3. The third-order valence-electron chi connectivity index (χ3n) is 3.16. The molecular weight excluding hydrogens is 258 g/mol. The van der Waals surface area contributed by atoms with Crippen LogP contribution in [0.2, 0.25) is 0 Å². The maximum atomic E-state index is 11.4. The third-order valence-corrected chi connectivity index (χ3v) is 3.16. The molecule has 0 saturated heterocycles. The monoisotopic (exact) mass is 275 g/mol. The lowest BCUT2D eigenvalue weighted by molar-refractivity contribution is 0.0692. The van der Waals surface area contributed by atoms with Gasteiger partial charge in [-0.05, 0) is 27.7 Å². The zero-order valence-electron chi connectivity index (χ0n) is 12.2. The zero-order chi connectivity index (χ0) is 15.0. The van der Waals surface area contributed by atoms with E-state index in [0.717, 1.165) is 5.69 Å². The number of aromatic nitrogens is 3. The Balaban J connectivity index is 2.56. The van der Waals surface area contributed by atoms with E-state index in [9.17, 15) is 9.90 Å². The number of hydrogen-bond donors (Lipinski definition) is 1. The first-order chi connectivity index (χ1) is 9.31. The van der Waals surface area contributed by atoms with Crippen LogP contribution in [0.15, 0.2) is 6.07 Å². The number of hydrogen-bond acceptors (Lipinski definition) is 4. The van der Waals surface area contributed by atoms with Gasteiger partial charge >= 0.3 is 5.97 Å². The number of carboxylic acids is 1. The van der Waals surface area contributed by atoms with Gasteiger partial charge in [0.1, 0.15) is 17.0 Å². The number of rotatable bonds is 3. The van der Waals surface area contributed by atoms with Crippen molar-refractivity contribution in [2.24, 2.45) is 7.05 Å². The number of aromatic carboxylic acids is 1. The highest BCUT2D eigenvalue weighted by atomic mass is 16.5. The maximum absolute atomic E-state index is 11.4. The normalized spacial score (nSPS) is 10.7. The van der Waals surface area contributed by atoms with Gasteiger partial charge in [-0.2, -0.15) is 5.10 Å². The molecule has 6 nitrogen and oxygen atoms in total. The van der Waals surface area contributed by atoms with Crippen LogP contribution in [-0.2, 0) is 7.05 Å². The van der Waals surface area contributed by atoms with E-state index in [-0.39, 0.29) is 5.56 Å². The van der Waals surface area contributed by atoms with Crippen LogP contribution < -0.4 is 4.74 Å². The molecule has 0 saturated carbocycles. The summed E-state index contributed by atoms with van der Waals surface area (Å²) in [6, 6.07) is 1.63. The Labute approximate surface area is 117 Å². The van der Waals surface area contributed by atoms with E-state index in [1.165, 1.54) is 0 Å². The van der Waals surface area contributed by atoms with Crippen LogP contribution in [-0.4, -0.2) is 25.8 Å². The number of carbonyl (C=O) groups is 1. The van der Waals surface area contributed by atoms with Crippen LogP contribution >= 0.6 is 0 Å². The topological polar surface area (TPSA) is 77.2 Å². The molecule has 0 atom stereocenters. The molecule has 0 aliphatic rings. The van der Waals surface area contributed by atoms with Gasteiger partial charge in [-0.25, -0.2) is 4.79 Å². The summed E-state index contributed by atoms with van der Waals surface area (Å²) in [5.74, 6) is -0.175. The predicted molar refractivity (Wildman–Crippen MR) is 73.4 cm³/mol. The van der Waals surface area contributed by atoms with Crippen molar-refractivity contribution in [3.8, 4) is 11.5 Å². The lowest BCUT2D eigenvalue weighted by Gasteiger charge is -2.11. The molecule has 0 unspecified atom stereocenters. The fourth-order valence-electron chi connectivity index (χ4n) is 2.15. The second-order valence-corrected chi connectivity index (χ2v) is 4.75. The molecule has 0 bridgehead atoms. The summed E-state index contributed by atoms with van der Waals surface area (Å²) < 4.78 is 7.51. The molecule has 0 amide bonds. The Morgan fingerprint density at radius 2 is 1.90 bits per heavy atom. The molecule has 2 heterocycles. The number of nitrogens with zero attached hydrogens (tertiary/aromatic N) is 3. The summed E-state index contributed by atoms with van der Waals surface area (Å²) in [7, 11) is 1.82. The third kappa shape index (κ3) is 2.36. The quantitative estimate of drug-likeness (QED) is 0.931. The van der Waals surface area contributed by atoms with Crippen LogP contribution in [0.5, 0.6) is 11.5 Å². The highest BCUT2D eigenvalue weighted by Gasteiger charge is 2.20. The van der Waals surface area contributed by atoms with E-state index >= 15 is 0 Å². The Hall–Kier alpha value is -2.37. The van der Waals surface area contributed by atoms with Crippen molar-refractivity contribution in [1.82, 2.24) is 14.8 Å². The Morgan fingerprint density at radius 1 is 1.25 bits per heavy atom. The average Bonchev–Trinajstić information content (AvgIpc) is 2.54. The van der Waals surface area contributed by atoms with Gasteiger partial charge in [-0.3, -0.25) is 9.67 Å². The van der Waals surface area contributed by atoms with E-state index < -0.39 is 5.97 Å². The highest BCUT2D eigenvalue weighted by Crippen LogP contribution is 2.31. The van der Waals surface area contributed by atoms with Crippen molar-refractivity contribution in [1.29, 1.82) is 0 Å². The fourth-order valence-corrected chi connectivity index (χ4v) is 2.15. The molecule has 1 N–H and O–H groups in total. The van der Waals surface area contributed by atoms with Gasteiger partial charge in [0.15, 0.2) is 5.75 Å². The van der Waals surface area contributed by atoms with Gasteiger partial charge in [0.25, 0.3) is 0 Å². The minimum Gasteiger partial charge on any atom is -0.477 e. The summed E-state index contributed by atoms with van der Waals surface area (Å²) in [6.45, 7) is 7.15. The summed E-state index contributed by atoms with van der Waals surface area (Å²) in [5, 5.41) is 13.6. The molecule has 0 aliphatic heterocycles. The van der Waals surface area contributed by atoms with Crippen molar-refractivity contribution >= 4 is 5.97 Å². The molecule has 0 spiro atoms. The first-order valence-corrected chi connectivity index (χ1v) is 6.20. The second-order valence-electron chi connectivity index (χ2n) is 4.75. The summed E-state index contributed by atoms with van der Waals surface area (Å²) in [4.78, 5) is 15.5. The van der Waals surface area contributed by atoms with Crippen molar-refractivity contribution in [2.75, 3.05) is 0 Å². The summed E-state index contributed by atoms with van der Waals surface area (Å²) >= 11 is 0. The number of carboxylic acid groups (broad SMARTS) is 1. The first kappa shape index (κ1) is 14.0. The predicted octanol–water partition coefficient (Wildman–Crippen LogP) is 2.54. The molecule has 0 fully saturated rings. The Morgan fingerprint density at radius 3 is 2.40 bits per heavy atom. The largest absolute Gasteiger partial charge is 0.477 e. The van der Waals surface area contributed by atoms with Crippen molar-refractivity contribution in [3.05, 3.63) is 34.4 Å². The van der Waals surface area contributed by atoms with Gasteiger partial charge in [0.2, 0.25) is 0 Å². The van der Waals surface area contributed by atoms with E-state index in [2.05, 4.69) is 10.1 Å². The standard InChI is InChI=1S/C14H17N3O3/c1-7-6-11(12(14(18)19)8(2)15-7)20-13-9(3)16-17(5)10(13)4/h6H,1-5H3,(H,18,19). The van der Waals surface area contributed by atoms with Gasteiger partial charge in [-0.1, -0.05) is 0 Å². The lowest BCUT2D eigenvalue weighted by atomic mass is 10.1. The number of pyridine rings is 1. The maximum Gasteiger partial charge on any atom is 0.341 e. The molecule has 0 radical (unpaired) electrons. The van der Waals surface area contributed by atoms with Gasteiger partial charge in [0.05, 0.1) is 11.4 Å². The molecule has 2 rings (SSSR count). The minimum atomic E-state index is -1.05. The SMILES string of the molecule is Cc1cc(Oc2c(C)nn(C)c2C)c(C(=O)O)c(C)n1. The Kier molecular flexibility index (Phi) is 3.48. The van der Waals surface area contributed by atoms with Gasteiger partial charge in [-0.15, -0.1) is 0 Å². The summed E-state index contributed by atoms with van der Waals surface area (Å²) in [6.07, 6.45) is 0. The second kappa shape index (κ2) is 4.96. The average molecular weight is 275 g/mol. The molecule has 0 aromatic carbocycles. The smallest absolute Gasteiger partial charge is 0.341 e. The molecule has 20 heavy (non-hydrogen) atoms. The highest BCUT2D eigenvalue weighted by molar-refractivity contribution is 5.92. The van der Waals surface area contributed by atoms with Crippen LogP contribution in [0.3, 0.4) is 0 Å². The Bertz CT molecular complexity index is 689. The van der Waals surface area contributed by atoms with Gasteiger partial charge < -0.3 is 9.84 Å². The zero-order valence-corrected chi connectivity index (χ0v) is 12.2. The van der Waals surface area contributed by atoms with Crippen LogP contribution in [0.25, 0.3) is 0 Å². The molecule has 106 valence electrons. The lowest BCUT2D eigenvalue weighted by Crippen LogP contribution is -2.06. The molecule has 0 aliphatic carbocycles. The van der Waals surface area contributed by atoms with Crippen molar-refractivity contribution < 1.29 is 14.6 Å². The molecule has 2 aromatic heterocycles. The van der Waals surface area contributed by atoms with E-state index in [1.54, 1.807) is 24.6 Å². The van der Waals surface area contributed by atoms with Gasteiger partial charge in [0, 0.05) is 18.8 Å². The van der Waals surface area contributed by atoms with Crippen molar-refractivity contribution in [3.63, 3.8) is 0 Å². The van der Waals surface area contributed by atoms with Crippen molar-refractivity contribution in [2.45, 2.75) is 27.7 Å². The molecule has 2 aromatic rings. The van der Waals surface area contributed by atoms with E-state index in [1.807, 2.05) is 20.9 Å². The number of ether oxygens (including phenoxy) is 1. The summed E-state index contributed by atoms with van der Waals surface area (Å²) in [5.41, 5.74) is 2.78. The van der Waals surface area contributed by atoms with E-state index in [0.29, 0.717) is 28.6 Å². The minimum absolute atomic E-state index is 0.0817. The fraction of sp³-hybridized carbons (Fsp3) is 0.357. The van der Waals surface area contributed by atoms with E-state index in [4.69, 9.17) is 4.74 Å². The molecule has 6 heteroatoms. The van der Waals surface area contributed by atoms with Crippen LogP contribution in [0, 0.1) is 27.7 Å². The van der Waals surface area contributed by atoms with Crippen LogP contribution in [0.1, 0.15) is 33.1 Å². The first-order valence-electron chi connectivity index (χ1n) is 6.20.